The molecule has 0 aliphatic carbocycles. The van der Waals surface area contributed by atoms with Crippen LogP contribution in [0.2, 0.25) is 0 Å². The van der Waals surface area contributed by atoms with E-state index in [1.54, 1.807) is 0 Å². The molecular weight excluding hydrogens is 408 g/mol. The molecule has 0 aliphatic heterocycles. The van der Waals surface area contributed by atoms with E-state index in [-0.39, 0.29) is 0 Å². The van der Waals surface area contributed by atoms with Gasteiger partial charge in [-0.05, 0) is 59.0 Å². The smallest absolute Gasteiger partial charge is 0.0111 e. The van der Waals surface area contributed by atoms with Crippen molar-refractivity contribution < 1.29 is 0 Å². The summed E-state index contributed by atoms with van der Waals surface area (Å²) >= 11 is 0. The Hall–Kier alpha value is -3.38. The second-order valence-corrected chi connectivity index (χ2v) is 7.32. The van der Waals surface area contributed by atoms with Gasteiger partial charge in [0.15, 0.2) is 0 Å². The lowest BCUT2D eigenvalue weighted by molar-refractivity contribution is 1.46. The molecule has 0 fully saturated rings. The summed E-state index contributed by atoms with van der Waals surface area (Å²) in [5.41, 5.74) is 7.45. The highest BCUT2D eigenvalue weighted by Gasteiger charge is 2.01. The van der Waals surface area contributed by atoms with Crippen LogP contribution in [0, 0.1) is 13.8 Å². The number of aryl methyl sites for hydroxylation is 2. The molecule has 4 aromatic carbocycles. The van der Waals surface area contributed by atoms with Crippen molar-refractivity contribution in [1.82, 2.24) is 0 Å². The van der Waals surface area contributed by atoms with Crippen LogP contribution < -0.4 is 0 Å². The predicted octanol–water partition coefficient (Wildman–Crippen LogP) is 10.9. The maximum absolute atomic E-state index is 2.26. The van der Waals surface area contributed by atoms with Crippen LogP contribution in [0.25, 0.3) is 35.1 Å². The van der Waals surface area contributed by atoms with Crippen molar-refractivity contribution in [3.05, 3.63) is 118 Å². The number of hydrogen-bond donors (Lipinski definition) is 0. The van der Waals surface area contributed by atoms with Gasteiger partial charge in [-0.2, -0.15) is 0 Å². The van der Waals surface area contributed by atoms with Crippen LogP contribution in [0.15, 0.2) is 84.9 Å². The number of benzene rings is 4. The van der Waals surface area contributed by atoms with Gasteiger partial charge in [-0.3, -0.25) is 0 Å². The molecule has 0 spiro atoms. The quantitative estimate of drug-likeness (QED) is 0.271. The van der Waals surface area contributed by atoms with Gasteiger partial charge in [0.25, 0.3) is 0 Å². The summed E-state index contributed by atoms with van der Waals surface area (Å²) in [4.78, 5) is 0. The van der Waals surface area contributed by atoms with E-state index in [2.05, 4.69) is 123 Å². The molecular formula is C34H42. The van der Waals surface area contributed by atoms with Gasteiger partial charge in [0.2, 0.25) is 0 Å². The fourth-order valence-electron chi connectivity index (χ4n) is 3.33. The summed E-state index contributed by atoms with van der Waals surface area (Å²) in [6.07, 6.45) is 8.78. The van der Waals surface area contributed by atoms with Crippen molar-refractivity contribution in [2.75, 3.05) is 0 Å². The minimum Gasteiger partial charge on any atom is -0.0683 e. The zero-order valence-electron chi connectivity index (χ0n) is 22.4. The Balaban J connectivity index is 0.000000894. The third-order valence-corrected chi connectivity index (χ3v) is 4.99. The highest BCUT2D eigenvalue weighted by atomic mass is 14.1. The van der Waals surface area contributed by atoms with Gasteiger partial charge in [0.1, 0.15) is 0 Å². The zero-order chi connectivity index (χ0) is 25.3. The molecule has 0 atom stereocenters. The molecule has 0 aromatic heterocycles. The van der Waals surface area contributed by atoms with Crippen LogP contribution >= 0.6 is 0 Å². The van der Waals surface area contributed by atoms with Crippen molar-refractivity contribution in [3.63, 3.8) is 0 Å². The van der Waals surface area contributed by atoms with Crippen LogP contribution in [0.3, 0.4) is 0 Å². The van der Waals surface area contributed by atoms with Gasteiger partial charge < -0.3 is 0 Å². The summed E-state index contributed by atoms with van der Waals surface area (Å²) in [5, 5.41) is 2.54. The Bertz CT molecular complexity index is 1140. The topological polar surface area (TPSA) is 0 Å². The minimum absolute atomic E-state index is 1.21. The Morgan fingerprint density at radius 3 is 1.41 bits per heavy atom. The molecule has 0 heteroatoms. The van der Waals surface area contributed by atoms with Crippen molar-refractivity contribution in [3.8, 4) is 0 Å². The Labute approximate surface area is 208 Å². The van der Waals surface area contributed by atoms with Crippen LogP contribution in [-0.2, 0) is 0 Å². The number of hydrogen-bond acceptors (Lipinski definition) is 0. The summed E-state index contributed by atoms with van der Waals surface area (Å²) in [6.45, 7) is 16.2. The third-order valence-electron chi connectivity index (χ3n) is 4.99. The molecule has 0 N–H and O–H groups in total. The summed E-state index contributed by atoms with van der Waals surface area (Å²) in [7, 11) is 0. The first-order chi connectivity index (χ1) is 16.7. The molecule has 0 amide bonds. The van der Waals surface area contributed by atoms with E-state index in [9.17, 15) is 0 Å². The lowest BCUT2D eigenvalue weighted by atomic mass is 9.99. The van der Waals surface area contributed by atoms with Crippen molar-refractivity contribution >= 4 is 35.1 Å². The van der Waals surface area contributed by atoms with E-state index in [1.807, 2.05) is 41.5 Å². The fraction of sp³-hybridized carbons (Fsp3) is 0.235. The van der Waals surface area contributed by atoms with E-state index in [0.29, 0.717) is 0 Å². The Kier molecular flexibility index (Phi) is 13.7. The first-order valence-electron chi connectivity index (χ1n) is 12.7. The number of fused-ring (bicyclic) bond motifs is 1. The molecule has 4 aromatic rings. The first-order valence-corrected chi connectivity index (χ1v) is 12.7. The van der Waals surface area contributed by atoms with E-state index < -0.39 is 0 Å². The summed E-state index contributed by atoms with van der Waals surface area (Å²) < 4.78 is 0. The summed E-state index contributed by atoms with van der Waals surface area (Å²) in [6, 6.07) is 30.3. The van der Waals surface area contributed by atoms with Gasteiger partial charge in [-0.15, -0.1) is 0 Å². The summed E-state index contributed by atoms with van der Waals surface area (Å²) in [5.74, 6) is 0. The second-order valence-electron chi connectivity index (χ2n) is 7.32. The van der Waals surface area contributed by atoms with Gasteiger partial charge in [-0.25, -0.2) is 0 Å². The SMILES string of the molecule is CC.CC.CC.Cc1ccc(/C=C\c2cc(/C=C\c3ccc(C)cc3)c3ccccc3c2)cc1. The lowest BCUT2D eigenvalue weighted by Gasteiger charge is -2.06. The van der Waals surface area contributed by atoms with Gasteiger partial charge in [0.05, 0.1) is 0 Å². The van der Waals surface area contributed by atoms with E-state index in [1.165, 1.54) is 44.2 Å². The highest BCUT2D eigenvalue weighted by molar-refractivity contribution is 5.95. The molecule has 0 aliphatic rings. The molecule has 0 saturated carbocycles. The molecule has 0 radical (unpaired) electrons. The third kappa shape index (κ3) is 8.87. The number of rotatable bonds is 4. The van der Waals surface area contributed by atoms with Gasteiger partial charge >= 0.3 is 0 Å². The maximum atomic E-state index is 2.26. The first kappa shape index (κ1) is 28.7. The van der Waals surface area contributed by atoms with Gasteiger partial charge in [-0.1, -0.05) is 150 Å². The van der Waals surface area contributed by atoms with Crippen molar-refractivity contribution in [1.29, 1.82) is 0 Å². The van der Waals surface area contributed by atoms with Crippen LogP contribution in [0.4, 0.5) is 0 Å². The van der Waals surface area contributed by atoms with E-state index >= 15 is 0 Å². The van der Waals surface area contributed by atoms with Gasteiger partial charge in [0, 0.05) is 0 Å². The monoisotopic (exact) mass is 450 g/mol. The van der Waals surface area contributed by atoms with Crippen molar-refractivity contribution in [2.24, 2.45) is 0 Å². The second kappa shape index (κ2) is 16.3. The molecule has 0 bridgehead atoms. The van der Waals surface area contributed by atoms with Crippen LogP contribution in [0.1, 0.15) is 74.9 Å². The van der Waals surface area contributed by atoms with Crippen molar-refractivity contribution in [2.45, 2.75) is 55.4 Å². The largest absolute Gasteiger partial charge is 0.0683 e. The van der Waals surface area contributed by atoms with Crippen LogP contribution in [-0.4, -0.2) is 0 Å². The van der Waals surface area contributed by atoms with E-state index in [4.69, 9.17) is 0 Å². The molecule has 0 nitrogen and oxygen atoms in total. The molecule has 0 heterocycles. The molecule has 0 saturated heterocycles. The molecule has 0 unspecified atom stereocenters. The molecule has 4 rings (SSSR count). The minimum atomic E-state index is 1.21. The zero-order valence-corrected chi connectivity index (χ0v) is 22.4. The predicted molar refractivity (Wildman–Crippen MR) is 158 cm³/mol. The van der Waals surface area contributed by atoms with Crippen LogP contribution in [0.5, 0.6) is 0 Å². The van der Waals surface area contributed by atoms with E-state index in [0.717, 1.165) is 0 Å². The fourth-order valence-corrected chi connectivity index (χ4v) is 3.33. The lowest BCUT2D eigenvalue weighted by Crippen LogP contribution is -1.83. The standard InChI is InChI=1S/C28H24.3C2H6/c1-21-7-11-23(12-8-21)15-16-25-19-26-5-3-4-6-28(26)27(20-25)18-17-24-13-9-22(2)10-14-24;3*1-2/h3-20H,1-2H3;3*1-2H3/b16-15-,18-17-;;;. The molecule has 34 heavy (non-hydrogen) atoms. The normalized spacial score (nSPS) is 10.1. The molecule has 178 valence electrons. The average molecular weight is 451 g/mol. The Morgan fingerprint density at radius 1 is 0.441 bits per heavy atom. The maximum Gasteiger partial charge on any atom is -0.0111 e. The average Bonchev–Trinajstić information content (AvgIpc) is 2.91. The highest BCUT2D eigenvalue weighted by Crippen LogP contribution is 2.24. The Morgan fingerprint density at radius 2 is 0.882 bits per heavy atom.